The maximum Gasteiger partial charge on any atom is 0.148 e. The van der Waals surface area contributed by atoms with Crippen molar-refractivity contribution in [1.82, 2.24) is 0 Å². The molecule has 1 rings (SSSR count). The van der Waals surface area contributed by atoms with Gasteiger partial charge in [0.1, 0.15) is 18.2 Å². The van der Waals surface area contributed by atoms with Crippen LogP contribution in [0.15, 0.2) is 22.7 Å². The molecule has 1 aromatic carbocycles. The lowest BCUT2D eigenvalue weighted by atomic mass is 10.1. The Kier molecular flexibility index (Phi) is 3.57. The van der Waals surface area contributed by atoms with Crippen LogP contribution in [-0.2, 0) is 11.2 Å². The standard InChI is InChI=1S/C9H8BrFO2/c10-9-6(4-7(13)5-12)2-1-3-8(9)11/h1-3,5,7,13H,4H2. The molecule has 1 atom stereocenters. The van der Waals surface area contributed by atoms with Crippen LogP contribution >= 0.6 is 15.9 Å². The fourth-order valence-electron chi connectivity index (χ4n) is 0.980. The number of aliphatic hydroxyl groups excluding tert-OH is 1. The molecule has 2 nitrogen and oxygen atoms in total. The van der Waals surface area contributed by atoms with Crippen LogP contribution in [0.25, 0.3) is 0 Å². The van der Waals surface area contributed by atoms with Gasteiger partial charge >= 0.3 is 0 Å². The fourth-order valence-corrected chi connectivity index (χ4v) is 1.41. The molecule has 1 N–H and O–H groups in total. The SMILES string of the molecule is O=CC(O)Cc1cccc(F)c1Br. The van der Waals surface area contributed by atoms with Crippen molar-refractivity contribution in [2.24, 2.45) is 0 Å². The van der Waals surface area contributed by atoms with Gasteiger partial charge in [-0.15, -0.1) is 0 Å². The summed E-state index contributed by atoms with van der Waals surface area (Å²) in [6.45, 7) is 0. The summed E-state index contributed by atoms with van der Waals surface area (Å²) >= 11 is 3.04. The number of halogens is 2. The lowest BCUT2D eigenvalue weighted by molar-refractivity contribution is -0.114. The maximum absolute atomic E-state index is 12.9. The maximum atomic E-state index is 12.9. The molecule has 0 aliphatic heterocycles. The number of carbonyl (C=O) groups excluding carboxylic acids is 1. The molecule has 1 aromatic rings. The Morgan fingerprint density at radius 2 is 2.31 bits per heavy atom. The minimum atomic E-state index is -1.07. The Hall–Kier alpha value is -0.740. The van der Waals surface area contributed by atoms with E-state index in [9.17, 15) is 9.18 Å². The van der Waals surface area contributed by atoms with Crippen LogP contribution in [0.1, 0.15) is 5.56 Å². The monoisotopic (exact) mass is 246 g/mol. The van der Waals surface area contributed by atoms with Gasteiger partial charge in [0.05, 0.1) is 4.47 Å². The van der Waals surface area contributed by atoms with Crippen LogP contribution in [-0.4, -0.2) is 17.5 Å². The van der Waals surface area contributed by atoms with Crippen LogP contribution in [0.5, 0.6) is 0 Å². The van der Waals surface area contributed by atoms with Crippen LogP contribution in [0.2, 0.25) is 0 Å². The highest BCUT2D eigenvalue weighted by molar-refractivity contribution is 9.10. The lowest BCUT2D eigenvalue weighted by Gasteiger charge is -2.05. The average Bonchev–Trinajstić information content (AvgIpc) is 2.13. The van der Waals surface area contributed by atoms with E-state index in [1.165, 1.54) is 12.1 Å². The number of hydrogen-bond donors (Lipinski definition) is 1. The third-order valence-electron chi connectivity index (χ3n) is 1.62. The van der Waals surface area contributed by atoms with Gasteiger partial charge < -0.3 is 9.90 Å². The Morgan fingerprint density at radius 1 is 1.62 bits per heavy atom. The summed E-state index contributed by atoms with van der Waals surface area (Å²) in [5, 5.41) is 9.02. The molecule has 0 amide bonds. The topological polar surface area (TPSA) is 37.3 Å². The number of aldehydes is 1. The third kappa shape index (κ3) is 2.60. The molecule has 0 saturated carbocycles. The lowest BCUT2D eigenvalue weighted by Crippen LogP contribution is -2.12. The van der Waals surface area contributed by atoms with Crippen LogP contribution < -0.4 is 0 Å². The largest absolute Gasteiger partial charge is 0.385 e. The van der Waals surface area contributed by atoms with Crippen molar-refractivity contribution in [2.75, 3.05) is 0 Å². The molecule has 0 saturated heterocycles. The number of rotatable bonds is 3. The minimum absolute atomic E-state index is 0.127. The van der Waals surface area contributed by atoms with Crippen molar-refractivity contribution >= 4 is 22.2 Å². The van der Waals surface area contributed by atoms with Crippen molar-refractivity contribution in [3.8, 4) is 0 Å². The molecule has 0 aliphatic rings. The van der Waals surface area contributed by atoms with Crippen LogP contribution in [0.3, 0.4) is 0 Å². The quantitative estimate of drug-likeness (QED) is 0.825. The first-order chi connectivity index (χ1) is 6.15. The molecule has 0 spiro atoms. The molecule has 1 unspecified atom stereocenters. The van der Waals surface area contributed by atoms with Crippen LogP contribution in [0, 0.1) is 5.82 Å². The first-order valence-corrected chi connectivity index (χ1v) is 4.50. The first-order valence-electron chi connectivity index (χ1n) is 3.71. The van der Waals surface area contributed by atoms with E-state index < -0.39 is 11.9 Å². The molecular weight excluding hydrogens is 239 g/mol. The van der Waals surface area contributed by atoms with E-state index in [-0.39, 0.29) is 6.42 Å². The van der Waals surface area contributed by atoms with E-state index in [0.29, 0.717) is 16.3 Å². The van der Waals surface area contributed by atoms with Gasteiger partial charge in [-0.2, -0.15) is 0 Å². The molecule has 0 heterocycles. The highest BCUT2D eigenvalue weighted by Gasteiger charge is 2.09. The Balaban J connectivity index is 2.88. The normalized spacial score (nSPS) is 12.5. The summed E-state index contributed by atoms with van der Waals surface area (Å²) in [5.41, 5.74) is 0.583. The molecule has 0 radical (unpaired) electrons. The van der Waals surface area contributed by atoms with E-state index in [0.717, 1.165) is 0 Å². The van der Waals surface area contributed by atoms with Gasteiger partial charge in [0.25, 0.3) is 0 Å². The number of hydrogen-bond acceptors (Lipinski definition) is 2. The zero-order valence-electron chi connectivity index (χ0n) is 6.71. The molecule has 0 aliphatic carbocycles. The molecule has 0 bridgehead atoms. The highest BCUT2D eigenvalue weighted by atomic mass is 79.9. The summed E-state index contributed by atoms with van der Waals surface area (Å²) in [4.78, 5) is 10.1. The van der Waals surface area contributed by atoms with Crippen molar-refractivity contribution in [3.05, 3.63) is 34.1 Å². The highest BCUT2D eigenvalue weighted by Crippen LogP contribution is 2.21. The summed E-state index contributed by atoms with van der Waals surface area (Å²) in [5.74, 6) is -0.393. The average molecular weight is 247 g/mol. The number of aliphatic hydroxyl groups is 1. The predicted octanol–water partition coefficient (Wildman–Crippen LogP) is 1.69. The Morgan fingerprint density at radius 3 is 2.92 bits per heavy atom. The number of benzene rings is 1. The van der Waals surface area contributed by atoms with Gasteiger partial charge in [0, 0.05) is 6.42 Å². The van der Waals surface area contributed by atoms with Crippen molar-refractivity contribution < 1.29 is 14.3 Å². The fraction of sp³-hybridized carbons (Fsp3) is 0.222. The molecule has 0 fully saturated rings. The van der Waals surface area contributed by atoms with E-state index in [1.54, 1.807) is 6.07 Å². The van der Waals surface area contributed by atoms with E-state index >= 15 is 0 Å². The summed E-state index contributed by atoms with van der Waals surface area (Å²) in [6, 6.07) is 4.49. The molecule has 0 aromatic heterocycles. The zero-order chi connectivity index (χ0) is 9.84. The first kappa shape index (κ1) is 10.3. The Bertz CT molecular complexity index is 314. The second-order valence-electron chi connectivity index (χ2n) is 2.62. The molecule has 13 heavy (non-hydrogen) atoms. The second-order valence-corrected chi connectivity index (χ2v) is 3.41. The van der Waals surface area contributed by atoms with Gasteiger partial charge in [0.2, 0.25) is 0 Å². The predicted molar refractivity (Wildman–Crippen MR) is 49.9 cm³/mol. The van der Waals surface area contributed by atoms with Crippen molar-refractivity contribution in [1.29, 1.82) is 0 Å². The second kappa shape index (κ2) is 4.48. The van der Waals surface area contributed by atoms with Gasteiger partial charge in [0.15, 0.2) is 0 Å². The summed E-state index contributed by atoms with van der Waals surface area (Å²) in [6.07, 6.45) is -0.516. The minimum Gasteiger partial charge on any atom is -0.385 e. The van der Waals surface area contributed by atoms with E-state index in [1.807, 2.05) is 0 Å². The zero-order valence-corrected chi connectivity index (χ0v) is 8.29. The van der Waals surface area contributed by atoms with Crippen LogP contribution in [0.4, 0.5) is 4.39 Å². The van der Waals surface area contributed by atoms with Gasteiger partial charge in [-0.25, -0.2) is 4.39 Å². The Labute approximate surface area is 83.5 Å². The third-order valence-corrected chi connectivity index (χ3v) is 2.51. The van der Waals surface area contributed by atoms with E-state index in [2.05, 4.69) is 15.9 Å². The van der Waals surface area contributed by atoms with Crippen molar-refractivity contribution in [2.45, 2.75) is 12.5 Å². The smallest absolute Gasteiger partial charge is 0.148 e. The summed E-state index contributed by atoms with van der Waals surface area (Å²) in [7, 11) is 0. The van der Waals surface area contributed by atoms with Gasteiger partial charge in [-0.05, 0) is 27.6 Å². The molecule has 4 heteroatoms. The van der Waals surface area contributed by atoms with Gasteiger partial charge in [-0.1, -0.05) is 12.1 Å². The molecule has 70 valence electrons. The number of carbonyl (C=O) groups is 1. The van der Waals surface area contributed by atoms with Crippen molar-refractivity contribution in [3.63, 3.8) is 0 Å². The summed E-state index contributed by atoms with van der Waals surface area (Å²) < 4.78 is 13.2. The van der Waals surface area contributed by atoms with Gasteiger partial charge in [-0.3, -0.25) is 0 Å². The molecular formula is C9H8BrFO2. The van der Waals surface area contributed by atoms with E-state index in [4.69, 9.17) is 5.11 Å².